The molecule has 0 aliphatic heterocycles. The van der Waals surface area contributed by atoms with Gasteiger partial charge in [-0.25, -0.2) is 12.8 Å². The molecular weight excluding hydrogens is 317 g/mol. The standard InChI is InChI=1S/C14H11ClFNO3S/c15-10-4-6-12(7-5-10)17-14(18)9-21(19,20)13-3-1-2-11(16)8-13/h1-8H,9H2,(H,17,18). The lowest BCUT2D eigenvalue weighted by Crippen LogP contribution is -2.23. The van der Waals surface area contributed by atoms with E-state index in [9.17, 15) is 17.6 Å². The number of amides is 1. The van der Waals surface area contributed by atoms with Crippen molar-refractivity contribution in [1.29, 1.82) is 0 Å². The number of sulfone groups is 1. The van der Waals surface area contributed by atoms with Crippen LogP contribution < -0.4 is 5.32 Å². The summed E-state index contributed by atoms with van der Waals surface area (Å²) in [5.74, 6) is -2.14. The molecule has 0 atom stereocenters. The molecule has 0 heterocycles. The van der Waals surface area contributed by atoms with Gasteiger partial charge in [-0.05, 0) is 42.5 Å². The van der Waals surface area contributed by atoms with Crippen molar-refractivity contribution in [3.63, 3.8) is 0 Å². The first-order valence-electron chi connectivity index (χ1n) is 5.90. The molecule has 0 saturated carbocycles. The molecule has 2 aromatic rings. The van der Waals surface area contributed by atoms with Gasteiger partial charge in [-0.15, -0.1) is 0 Å². The highest BCUT2D eigenvalue weighted by Gasteiger charge is 2.19. The van der Waals surface area contributed by atoms with E-state index in [4.69, 9.17) is 11.6 Å². The Labute approximate surface area is 126 Å². The minimum absolute atomic E-state index is 0.228. The second-order valence-corrected chi connectivity index (χ2v) is 6.70. The van der Waals surface area contributed by atoms with Gasteiger partial charge in [0.15, 0.2) is 9.84 Å². The summed E-state index contributed by atoms with van der Waals surface area (Å²) in [5, 5.41) is 2.94. The molecular formula is C14H11ClFNO3S. The summed E-state index contributed by atoms with van der Waals surface area (Å²) in [6.45, 7) is 0. The van der Waals surface area contributed by atoms with E-state index in [2.05, 4.69) is 5.32 Å². The van der Waals surface area contributed by atoms with E-state index in [-0.39, 0.29) is 4.90 Å². The summed E-state index contributed by atoms with van der Waals surface area (Å²) >= 11 is 5.71. The number of rotatable bonds is 4. The fourth-order valence-corrected chi connectivity index (χ4v) is 2.93. The number of hydrogen-bond donors (Lipinski definition) is 1. The predicted octanol–water partition coefficient (Wildman–Crippen LogP) is 2.89. The van der Waals surface area contributed by atoms with Gasteiger partial charge in [-0.3, -0.25) is 4.79 Å². The number of carbonyl (C=O) groups excluding carboxylic acids is 1. The van der Waals surface area contributed by atoms with Crippen LogP contribution in [-0.4, -0.2) is 20.1 Å². The van der Waals surface area contributed by atoms with Crippen molar-refractivity contribution >= 4 is 33.0 Å². The van der Waals surface area contributed by atoms with Crippen molar-refractivity contribution < 1.29 is 17.6 Å². The molecule has 0 aliphatic carbocycles. The van der Waals surface area contributed by atoms with Gasteiger partial charge in [0.2, 0.25) is 5.91 Å². The third-order valence-electron chi connectivity index (χ3n) is 2.60. The average Bonchev–Trinajstić information content (AvgIpc) is 2.41. The first-order valence-corrected chi connectivity index (χ1v) is 7.93. The van der Waals surface area contributed by atoms with Gasteiger partial charge in [0.05, 0.1) is 4.90 Å². The third kappa shape index (κ3) is 4.27. The largest absolute Gasteiger partial charge is 0.325 e. The van der Waals surface area contributed by atoms with E-state index in [1.165, 1.54) is 12.1 Å². The molecule has 4 nitrogen and oxygen atoms in total. The first kappa shape index (κ1) is 15.5. The summed E-state index contributed by atoms with van der Waals surface area (Å²) < 4.78 is 37.0. The molecule has 0 aliphatic rings. The lowest BCUT2D eigenvalue weighted by atomic mass is 10.3. The monoisotopic (exact) mass is 327 g/mol. The number of halogens is 2. The molecule has 0 fully saturated rings. The molecule has 0 spiro atoms. The second kappa shape index (κ2) is 6.24. The average molecular weight is 328 g/mol. The van der Waals surface area contributed by atoms with Gasteiger partial charge in [0.25, 0.3) is 0 Å². The Morgan fingerprint density at radius 1 is 1.14 bits per heavy atom. The van der Waals surface area contributed by atoms with Crippen LogP contribution in [-0.2, 0) is 14.6 Å². The minimum atomic E-state index is -3.89. The van der Waals surface area contributed by atoms with E-state index < -0.39 is 27.3 Å². The number of carbonyl (C=O) groups is 1. The van der Waals surface area contributed by atoms with Gasteiger partial charge in [-0.1, -0.05) is 17.7 Å². The quantitative estimate of drug-likeness (QED) is 0.939. The predicted molar refractivity (Wildman–Crippen MR) is 78.5 cm³/mol. The molecule has 7 heteroatoms. The highest BCUT2D eigenvalue weighted by Crippen LogP contribution is 2.15. The van der Waals surface area contributed by atoms with Crippen molar-refractivity contribution in [2.75, 3.05) is 11.1 Å². The Morgan fingerprint density at radius 3 is 2.43 bits per heavy atom. The van der Waals surface area contributed by atoms with Gasteiger partial charge in [0, 0.05) is 10.7 Å². The van der Waals surface area contributed by atoms with E-state index >= 15 is 0 Å². The highest BCUT2D eigenvalue weighted by atomic mass is 35.5. The molecule has 21 heavy (non-hydrogen) atoms. The number of benzene rings is 2. The topological polar surface area (TPSA) is 63.2 Å². The zero-order valence-corrected chi connectivity index (χ0v) is 12.3. The maximum atomic E-state index is 13.0. The normalized spacial score (nSPS) is 11.1. The zero-order chi connectivity index (χ0) is 15.5. The fraction of sp³-hybridized carbons (Fsp3) is 0.0714. The molecule has 110 valence electrons. The summed E-state index contributed by atoms with van der Waals surface area (Å²) in [4.78, 5) is 11.5. The van der Waals surface area contributed by atoms with Crippen LogP contribution in [0.2, 0.25) is 5.02 Å². The summed E-state index contributed by atoms with van der Waals surface area (Å²) in [5.41, 5.74) is 0.429. The number of hydrogen-bond acceptors (Lipinski definition) is 3. The lowest BCUT2D eigenvalue weighted by Gasteiger charge is -2.06. The van der Waals surface area contributed by atoms with Crippen LogP contribution in [0.5, 0.6) is 0 Å². The molecule has 0 aromatic heterocycles. The molecule has 2 aromatic carbocycles. The Balaban J connectivity index is 2.09. The van der Waals surface area contributed by atoms with Crippen LogP contribution in [0.4, 0.5) is 10.1 Å². The fourth-order valence-electron chi connectivity index (χ4n) is 1.65. The van der Waals surface area contributed by atoms with Gasteiger partial charge in [-0.2, -0.15) is 0 Å². The number of anilines is 1. The lowest BCUT2D eigenvalue weighted by molar-refractivity contribution is -0.113. The van der Waals surface area contributed by atoms with Crippen molar-refractivity contribution in [1.82, 2.24) is 0 Å². The molecule has 0 saturated heterocycles. The second-order valence-electron chi connectivity index (χ2n) is 4.27. The Morgan fingerprint density at radius 2 is 1.81 bits per heavy atom. The number of nitrogens with one attached hydrogen (secondary N) is 1. The van der Waals surface area contributed by atoms with Crippen LogP contribution in [0.3, 0.4) is 0 Å². The Bertz CT molecular complexity index is 760. The highest BCUT2D eigenvalue weighted by molar-refractivity contribution is 7.92. The van der Waals surface area contributed by atoms with Crippen molar-refractivity contribution in [2.24, 2.45) is 0 Å². The van der Waals surface area contributed by atoms with Crippen molar-refractivity contribution in [2.45, 2.75) is 4.90 Å². The van der Waals surface area contributed by atoms with Crippen LogP contribution >= 0.6 is 11.6 Å². The van der Waals surface area contributed by atoms with Crippen LogP contribution in [0.25, 0.3) is 0 Å². The van der Waals surface area contributed by atoms with Crippen LogP contribution in [0.15, 0.2) is 53.4 Å². The van der Waals surface area contributed by atoms with Crippen LogP contribution in [0.1, 0.15) is 0 Å². The maximum absolute atomic E-state index is 13.0. The van der Waals surface area contributed by atoms with E-state index in [0.29, 0.717) is 10.7 Å². The maximum Gasteiger partial charge on any atom is 0.239 e. The summed E-state index contributed by atoms with van der Waals surface area (Å²) in [7, 11) is -3.89. The molecule has 2 rings (SSSR count). The molecule has 0 unspecified atom stereocenters. The van der Waals surface area contributed by atoms with Crippen molar-refractivity contribution in [3.05, 3.63) is 59.4 Å². The zero-order valence-electron chi connectivity index (χ0n) is 10.7. The summed E-state index contributed by atoms with van der Waals surface area (Å²) in [6, 6.07) is 10.8. The summed E-state index contributed by atoms with van der Waals surface area (Å²) in [6.07, 6.45) is 0. The van der Waals surface area contributed by atoms with Gasteiger partial charge in [0.1, 0.15) is 11.6 Å². The smallest absolute Gasteiger partial charge is 0.239 e. The van der Waals surface area contributed by atoms with E-state index in [1.807, 2.05) is 0 Å². The Kier molecular flexibility index (Phi) is 4.59. The SMILES string of the molecule is O=C(CS(=O)(=O)c1cccc(F)c1)Nc1ccc(Cl)cc1. The van der Waals surface area contributed by atoms with Gasteiger partial charge >= 0.3 is 0 Å². The first-order chi connectivity index (χ1) is 9.87. The molecule has 1 N–H and O–H groups in total. The van der Waals surface area contributed by atoms with E-state index in [1.54, 1.807) is 24.3 Å². The molecule has 0 bridgehead atoms. The third-order valence-corrected chi connectivity index (χ3v) is 4.47. The Hall–Kier alpha value is -1.92. The van der Waals surface area contributed by atoms with Gasteiger partial charge < -0.3 is 5.32 Å². The molecule has 0 radical (unpaired) electrons. The minimum Gasteiger partial charge on any atom is -0.325 e. The van der Waals surface area contributed by atoms with Crippen LogP contribution in [0, 0.1) is 5.82 Å². The molecule has 1 amide bonds. The van der Waals surface area contributed by atoms with E-state index in [0.717, 1.165) is 12.1 Å². The van der Waals surface area contributed by atoms with Crippen molar-refractivity contribution in [3.8, 4) is 0 Å².